The van der Waals surface area contributed by atoms with Crippen molar-refractivity contribution >= 4 is 23.3 Å². The van der Waals surface area contributed by atoms with Gasteiger partial charge in [-0.15, -0.1) is 0 Å². The number of halogens is 1. The number of nitrogens with two attached hydrogens (primary N) is 1. The van der Waals surface area contributed by atoms with Crippen LogP contribution in [0, 0.1) is 5.41 Å². The third kappa shape index (κ3) is 3.61. The van der Waals surface area contributed by atoms with E-state index in [1.807, 2.05) is 12.1 Å². The molecule has 1 aromatic rings. The second kappa shape index (κ2) is 5.93. The van der Waals surface area contributed by atoms with Gasteiger partial charge in [0.25, 0.3) is 0 Å². The molecule has 0 unspecified atom stereocenters. The monoisotopic (exact) mass is 283 g/mol. The van der Waals surface area contributed by atoms with Gasteiger partial charge in [-0.1, -0.05) is 28.9 Å². The van der Waals surface area contributed by atoms with Gasteiger partial charge in [-0.05, 0) is 31.5 Å². The fourth-order valence-electron chi connectivity index (χ4n) is 1.69. The van der Waals surface area contributed by atoms with Gasteiger partial charge in [-0.3, -0.25) is 4.79 Å². The van der Waals surface area contributed by atoms with E-state index in [0.717, 1.165) is 5.56 Å². The first-order valence-corrected chi connectivity index (χ1v) is 6.15. The van der Waals surface area contributed by atoms with E-state index in [0.29, 0.717) is 11.6 Å². The van der Waals surface area contributed by atoms with Gasteiger partial charge in [-0.2, -0.15) is 0 Å². The second-order valence-electron chi connectivity index (χ2n) is 4.90. The van der Waals surface area contributed by atoms with Crippen molar-refractivity contribution in [3.63, 3.8) is 0 Å². The highest BCUT2D eigenvalue weighted by Gasteiger charge is 2.35. The second-order valence-corrected chi connectivity index (χ2v) is 5.34. The average molecular weight is 284 g/mol. The Hall–Kier alpha value is -1.75. The highest BCUT2D eigenvalue weighted by Crippen LogP contribution is 2.20. The molecular weight excluding hydrogens is 266 g/mol. The lowest BCUT2D eigenvalue weighted by Gasteiger charge is -2.28. The Morgan fingerprint density at radius 3 is 2.68 bits per heavy atom. The molecule has 0 aliphatic rings. The van der Waals surface area contributed by atoms with Gasteiger partial charge < -0.3 is 15.8 Å². The van der Waals surface area contributed by atoms with Crippen LogP contribution in [-0.4, -0.2) is 28.9 Å². The van der Waals surface area contributed by atoms with E-state index in [2.05, 4.69) is 5.16 Å². The summed E-state index contributed by atoms with van der Waals surface area (Å²) in [4.78, 5) is 13.8. The third-order valence-corrected chi connectivity index (χ3v) is 3.17. The highest BCUT2D eigenvalue weighted by molar-refractivity contribution is 6.30. The van der Waals surface area contributed by atoms with E-state index in [9.17, 15) is 4.79 Å². The molecule has 0 saturated heterocycles. The van der Waals surface area contributed by atoms with Crippen LogP contribution in [0.3, 0.4) is 0 Å². The van der Waals surface area contributed by atoms with Crippen molar-refractivity contribution in [2.45, 2.75) is 20.4 Å². The molecule has 0 heterocycles. The van der Waals surface area contributed by atoms with Crippen LogP contribution in [0.5, 0.6) is 0 Å². The summed E-state index contributed by atoms with van der Waals surface area (Å²) in [6.45, 7) is 3.62. The Balaban J connectivity index is 2.84. The number of amides is 1. The van der Waals surface area contributed by atoms with E-state index >= 15 is 0 Å². The quantitative estimate of drug-likeness (QED) is 0.384. The predicted octanol–water partition coefficient (Wildman–Crippen LogP) is 2.07. The number of carbonyl (C=O) groups is 1. The Bertz CT molecular complexity index is 500. The van der Waals surface area contributed by atoms with Crippen LogP contribution >= 0.6 is 11.6 Å². The number of rotatable bonds is 4. The van der Waals surface area contributed by atoms with E-state index in [-0.39, 0.29) is 11.7 Å². The Morgan fingerprint density at radius 1 is 1.53 bits per heavy atom. The number of carbonyl (C=O) groups excluding carboxylic acids is 1. The van der Waals surface area contributed by atoms with Crippen LogP contribution in [0.2, 0.25) is 5.02 Å². The summed E-state index contributed by atoms with van der Waals surface area (Å²) in [6, 6.07) is 7.27. The van der Waals surface area contributed by atoms with Gasteiger partial charge >= 0.3 is 0 Å². The van der Waals surface area contributed by atoms with Gasteiger partial charge in [0, 0.05) is 18.6 Å². The van der Waals surface area contributed by atoms with E-state index in [1.54, 1.807) is 33.0 Å². The zero-order valence-corrected chi connectivity index (χ0v) is 12.0. The number of nitrogens with zero attached hydrogens (tertiary/aromatic N) is 2. The normalized spacial score (nSPS) is 12.3. The fourth-order valence-corrected chi connectivity index (χ4v) is 1.91. The molecule has 0 saturated carbocycles. The van der Waals surface area contributed by atoms with Crippen LogP contribution in [0.25, 0.3) is 0 Å². The van der Waals surface area contributed by atoms with Crippen molar-refractivity contribution in [2.24, 2.45) is 16.3 Å². The maximum Gasteiger partial charge on any atom is 0.235 e. The van der Waals surface area contributed by atoms with Crippen molar-refractivity contribution in [1.29, 1.82) is 0 Å². The first-order valence-electron chi connectivity index (χ1n) is 5.77. The maximum atomic E-state index is 12.3. The van der Waals surface area contributed by atoms with Gasteiger partial charge in [-0.25, -0.2) is 0 Å². The zero-order valence-electron chi connectivity index (χ0n) is 11.2. The van der Waals surface area contributed by atoms with Crippen molar-refractivity contribution in [1.82, 2.24) is 4.90 Å². The molecule has 0 aromatic heterocycles. The molecule has 0 fully saturated rings. The first-order chi connectivity index (χ1) is 8.78. The SMILES string of the molecule is CN(Cc1cccc(Cl)c1)C(=O)C(C)(C)C(N)=NO. The summed E-state index contributed by atoms with van der Waals surface area (Å²) < 4.78 is 0. The molecule has 104 valence electrons. The molecular formula is C13H18ClN3O2. The lowest BCUT2D eigenvalue weighted by molar-refractivity contribution is -0.136. The molecule has 0 atom stereocenters. The Kier molecular flexibility index (Phi) is 4.78. The van der Waals surface area contributed by atoms with E-state index < -0.39 is 5.41 Å². The molecule has 3 N–H and O–H groups in total. The number of oxime groups is 1. The van der Waals surface area contributed by atoms with E-state index in [1.165, 1.54) is 4.90 Å². The van der Waals surface area contributed by atoms with Crippen molar-refractivity contribution in [2.75, 3.05) is 7.05 Å². The Labute approximate surface area is 117 Å². The molecule has 19 heavy (non-hydrogen) atoms. The van der Waals surface area contributed by atoms with Crippen LogP contribution in [0.15, 0.2) is 29.4 Å². The van der Waals surface area contributed by atoms with Crippen LogP contribution in [0.1, 0.15) is 19.4 Å². The highest BCUT2D eigenvalue weighted by atomic mass is 35.5. The average Bonchev–Trinajstić information content (AvgIpc) is 2.36. The van der Waals surface area contributed by atoms with Gasteiger partial charge in [0.05, 0.1) is 0 Å². The third-order valence-electron chi connectivity index (χ3n) is 2.94. The van der Waals surface area contributed by atoms with Gasteiger partial charge in [0.2, 0.25) is 5.91 Å². The predicted molar refractivity (Wildman–Crippen MR) is 75.1 cm³/mol. The summed E-state index contributed by atoms with van der Waals surface area (Å²) in [7, 11) is 1.66. The Morgan fingerprint density at radius 2 is 2.16 bits per heavy atom. The minimum atomic E-state index is -1.05. The molecule has 6 heteroatoms. The smallest absolute Gasteiger partial charge is 0.235 e. The molecule has 1 rings (SSSR count). The van der Waals surface area contributed by atoms with Gasteiger partial charge in [0.15, 0.2) is 5.84 Å². The van der Waals surface area contributed by atoms with Crippen LogP contribution in [-0.2, 0) is 11.3 Å². The maximum absolute atomic E-state index is 12.3. The van der Waals surface area contributed by atoms with Crippen molar-refractivity contribution in [3.8, 4) is 0 Å². The van der Waals surface area contributed by atoms with Crippen molar-refractivity contribution < 1.29 is 10.0 Å². The molecule has 0 radical (unpaired) electrons. The fraction of sp³-hybridized carbons (Fsp3) is 0.385. The number of amidine groups is 1. The number of hydrogen-bond acceptors (Lipinski definition) is 3. The summed E-state index contributed by atoms with van der Waals surface area (Å²) in [5, 5.41) is 12.2. The molecule has 0 bridgehead atoms. The van der Waals surface area contributed by atoms with E-state index in [4.69, 9.17) is 22.5 Å². The minimum absolute atomic E-state index is 0.115. The summed E-state index contributed by atoms with van der Waals surface area (Å²) in [5.74, 6) is -0.349. The standard InChI is InChI=1S/C13H18ClN3O2/c1-13(2,11(15)16-19)12(18)17(3)8-9-5-4-6-10(14)7-9/h4-7,19H,8H2,1-3H3,(H2,15,16). The summed E-state index contributed by atoms with van der Waals surface area (Å²) >= 11 is 5.90. The topological polar surface area (TPSA) is 78.9 Å². The van der Waals surface area contributed by atoms with Crippen molar-refractivity contribution in [3.05, 3.63) is 34.9 Å². The largest absolute Gasteiger partial charge is 0.409 e. The summed E-state index contributed by atoms with van der Waals surface area (Å²) in [6.07, 6.45) is 0. The van der Waals surface area contributed by atoms with Crippen LogP contribution < -0.4 is 5.73 Å². The first kappa shape index (κ1) is 15.3. The lowest BCUT2D eigenvalue weighted by Crippen LogP contribution is -2.46. The molecule has 0 spiro atoms. The van der Waals surface area contributed by atoms with Crippen LogP contribution in [0.4, 0.5) is 0 Å². The molecule has 1 aromatic carbocycles. The molecule has 0 aliphatic heterocycles. The molecule has 5 nitrogen and oxygen atoms in total. The minimum Gasteiger partial charge on any atom is -0.409 e. The summed E-state index contributed by atoms with van der Waals surface area (Å²) in [5.41, 5.74) is 5.40. The zero-order chi connectivity index (χ0) is 14.6. The number of hydrogen-bond donors (Lipinski definition) is 2. The molecule has 1 amide bonds. The number of benzene rings is 1. The molecule has 0 aliphatic carbocycles. The van der Waals surface area contributed by atoms with Gasteiger partial charge in [0.1, 0.15) is 5.41 Å². The lowest BCUT2D eigenvalue weighted by atomic mass is 9.90.